The van der Waals surface area contributed by atoms with E-state index < -0.39 is 0 Å². The van der Waals surface area contributed by atoms with E-state index in [-0.39, 0.29) is 6.61 Å². The van der Waals surface area contributed by atoms with Crippen molar-refractivity contribution in [3.8, 4) is 6.07 Å². The number of anilines is 1. The minimum atomic E-state index is 0.244. The lowest BCUT2D eigenvalue weighted by Gasteiger charge is -2.12. The Morgan fingerprint density at radius 1 is 1.47 bits per heavy atom. The molecule has 1 atom stereocenters. The van der Waals surface area contributed by atoms with E-state index in [4.69, 9.17) is 10.4 Å². The van der Waals surface area contributed by atoms with Gasteiger partial charge in [-0.1, -0.05) is 19.1 Å². The van der Waals surface area contributed by atoms with Crippen LogP contribution in [-0.2, 0) is 0 Å². The molecule has 3 nitrogen and oxygen atoms in total. The molecule has 0 radical (unpaired) electrons. The van der Waals surface area contributed by atoms with Crippen LogP contribution in [0.1, 0.15) is 30.9 Å². The molecule has 0 amide bonds. The number of aliphatic hydroxyl groups excluding tert-OH is 1. The second-order valence-electron chi connectivity index (χ2n) is 4.47. The summed E-state index contributed by atoms with van der Waals surface area (Å²) in [4.78, 5) is 0. The first-order valence-electron chi connectivity index (χ1n) is 6.03. The van der Waals surface area contributed by atoms with Gasteiger partial charge in [0.1, 0.15) is 6.07 Å². The maximum Gasteiger partial charge on any atom is 0.101 e. The number of para-hydroxylation sites is 1. The van der Waals surface area contributed by atoms with E-state index in [1.54, 1.807) is 0 Å². The SMILES string of the molecule is Cc1cccc(C#N)c1NCCCC(C)CO. The van der Waals surface area contributed by atoms with E-state index in [0.29, 0.717) is 11.5 Å². The third kappa shape index (κ3) is 4.08. The van der Waals surface area contributed by atoms with Gasteiger partial charge in [-0.2, -0.15) is 5.26 Å². The fraction of sp³-hybridized carbons (Fsp3) is 0.500. The summed E-state index contributed by atoms with van der Waals surface area (Å²) in [5, 5.41) is 21.2. The van der Waals surface area contributed by atoms with Crippen LogP contribution in [0.5, 0.6) is 0 Å². The second-order valence-corrected chi connectivity index (χ2v) is 4.47. The standard InChI is InChI=1S/C14H20N2O/c1-11(10-17)5-4-8-16-14-12(2)6-3-7-13(14)9-15/h3,6-7,11,16-17H,4-5,8,10H2,1-2H3. The van der Waals surface area contributed by atoms with Crippen molar-refractivity contribution >= 4 is 5.69 Å². The maximum absolute atomic E-state index is 9.00. The van der Waals surface area contributed by atoms with Gasteiger partial charge in [0.25, 0.3) is 0 Å². The fourth-order valence-corrected chi connectivity index (χ4v) is 1.75. The fourth-order valence-electron chi connectivity index (χ4n) is 1.75. The van der Waals surface area contributed by atoms with Crippen molar-refractivity contribution in [1.29, 1.82) is 5.26 Å². The number of nitrogens with one attached hydrogen (secondary N) is 1. The van der Waals surface area contributed by atoms with Gasteiger partial charge < -0.3 is 10.4 Å². The summed E-state index contributed by atoms with van der Waals surface area (Å²) in [5.74, 6) is 0.351. The molecule has 0 aromatic heterocycles. The van der Waals surface area contributed by atoms with Crippen LogP contribution in [0.2, 0.25) is 0 Å². The number of hydrogen-bond donors (Lipinski definition) is 2. The highest BCUT2D eigenvalue weighted by Crippen LogP contribution is 2.19. The molecule has 0 aliphatic heterocycles. The molecule has 1 aromatic rings. The quantitative estimate of drug-likeness (QED) is 0.741. The molecular weight excluding hydrogens is 212 g/mol. The Kier molecular flexibility index (Phi) is 5.51. The predicted octanol–water partition coefficient (Wildman–Crippen LogP) is 2.69. The molecule has 17 heavy (non-hydrogen) atoms. The number of rotatable bonds is 6. The number of nitriles is 1. The molecule has 1 unspecified atom stereocenters. The van der Waals surface area contributed by atoms with Crippen LogP contribution < -0.4 is 5.32 Å². The Hall–Kier alpha value is -1.53. The van der Waals surface area contributed by atoms with Crippen molar-refractivity contribution < 1.29 is 5.11 Å². The summed E-state index contributed by atoms with van der Waals surface area (Å²) in [6, 6.07) is 7.92. The molecule has 0 aliphatic carbocycles. The van der Waals surface area contributed by atoms with E-state index in [2.05, 4.69) is 11.4 Å². The zero-order valence-electron chi connectivity index (χ0n) is 10.5. The van der Waals surface area contributed by atoms with Gasteiger partial charge in [-0.3, -0.25) is 0 Å². The minimum Gasteiger partial charge on any atom is -0.396 e. The first kappa shape index (κ1) is 13.5. The van der Waals surface area contributed by atoms with Crippen molar-refractivity contribution in [3.05, 3.63) is 29.3 Å². The molecule has 0 spiro atoms. The Bertz CT molecular complexity index is 396. The van der Waals surface area contributed by atoms with E-state index in [9.17, 15) is 0 Å². The number of nitrogens with zero attached hydrogens (tertiary/aromatic N) is 1. The lowest BCUT2D eigenvalue weighted by atomic mass is 10.1. The summed E-state index contributed by atoms with van der Waals surface area (Å²) in [6.07, 6.45) is 2.00. The zero-order valence-corrected chi connectivity index (χ0v) is 10.5. The van der Waals surface area contributed by atoms with E-state index >= 15 is 0 Å². The van der Waals surface area contributed by atoms with Crippen molar-refractivity contribution in [2.45, 2.75) is 26.7 Å². The Balaban J connectivity index is 2.49. The summed E-state index contributed by atoms with van der Waals surface area (Å²) in [6.45, 7) is 5.12. The zero-order chi connectivity index (χ0) is 12.7. The third-order valence-electron chi connectivity index (χ3n) is 2.88. The molecule has 0 fully saturated rings. The molecule has 0 bridgehead atoms. The minimum absolute atomic E-state index is 0.244. The topological polar surface area (TPSA) is 56.0 Å². The van der Waals surface area contributed by atoms with Gasteiger partial charge >= 0.3 is 0 Å². The average molecular weight is 232 g/mol. The number of aliphatic hydroxyl groups is 1. The van der Waals surface area contributed by atoms with Crippen LogP contribution in [-0.4, -0.2) is 18.3 Å². The Morgan fingerprint density at radius 3 is 2.88 bits per heavy atom. The van der Waals surface area contributed by atoms with Gasteiger partial charge in [0.15, 0.2) is 0 Å². The highest BCUT2D eigenvalue weighted by molar-refractivity contribution is 5.62. The van der Waals surface area contributed by atoms with Crippen LogP contribution in [0.3, 0.4) is 0 Å². The van der Waals surface area contributed by atoms with Crippen LogP contribution >= 0.6 is 0 Å². The molecule has 3 heteroatoms. The first-order chi connectivity index (χ1) is 8.19. The molecule has 2 N–H and O–H groups in total. The number of hydrogen-bond acceptors (Lipinski definition) is 3. The van der Waals surface area contributed by atoms with Crippen LogP contribution in [0.4, 0.5) is 5.69 Å². The van der Waals surface area contributed by atoms with Crippen molar-refractivity contribution in [2.75, 3.05) is 18.5 Å². The third-order valence-corrected chi connectivity index (χ3v) is 2.88. The number of benzene rings is 1. The predicted molar refractivity (Wildman–Crippen MR) is 69.9 cm³/mol. The van der Waals surface area contributed by atoms with Gasteiger partial charge in [-0.05, 0) is 37.3 Å². The normalized spacial score (nSPS) is 11.9. The van der Waals surface area contributed by atoms with Crippen LogP contribution in [0.25, 0.3) is 0 Å². The summed E-state index contributed by atoms with van der Waals surface area (Å²) in [5.41, 5.74) is 2.73. The molecular formula is C14H20N2O. The van der Waals surface area contributed by atoms with Gasteiger partial charge in [0.2, 0.25) is 0 Å². The highest BCUT2D eigenvalue weighted by atomic mass is 16.3. The lowest BCUT2D eigenvalue weighted by Crippen LogP contribution is -2.08. The smallest absolute Gasteiger partial charge is 0.101 e. The van der Waals surface area contributed by atoms with Crippen molar-refractivity contribution in [3.63, 3.8) is 0 Å². The van der Waals surface area contributed by atoms with Gasteiger partial charge in [0.05, 0.1) is 11.3 Å². The molecule has 1 rings (SSSR count). The lowest BCUT2D eigenvalue weighted by molar-refractivity contribution is 0.229. The molecule has 92 valence electrons. The van der Waals surface area contributed by atoms with E-state index in [0.717, 1.165) is 30.6 Å². The van der Waals surface area contributed by atoms with Crippen molar-refractivity contribution in [1.82, 2.24) is 0 Å². The first-order valence-corrected chi connectivity index (χ1v) is 6.03. The van der Waals surface area contributed by atoms with E-state index in [1.165, 1.54) is 0 Å². The second kappa shape index (κ2) is 6.93. The number of aryl methyl sites for hydroxylation is 1. The Morgan fingerprint density at radius 2 is 2.24 bits per heavy atom. The molecule has 0 saturated heterocycles. The summed E-state index contributed by atoms with van der Waals surface area (Å²) >= 11 is 0. The summed E-state index contributed by atoms with van der Waals surface area (Å²) in [7, 11) is 0. The maximum atomic E-state index is 9.00. The van der Waals surface area contributed by atoms with Gasteiger partial charge in [0, 0.05) is 13.2 Å². The van der Waals surface area contributed by atoms with Gasteiger partial charge in [-0.25, -0.2) is 0 Å². The monoisotopic (exact) mass is 232 g/mol. The highest BCUT2D eigenvalue weighted by Gasteiger charge is 2.04. The molecule has 0 heterocycles. The van der Waals surface area contributed by atoms with Crippen LogP contribution in [0.15, 0.2) is 18.2 Å². The van der Waals surface area contributed by atoms with Crippen molar-refractivity contribution in [2.24, 2.45) is 5.92 Å². The molecule has 0 aliphatic rings. The average Bonchev–Trinajstić information content (AvgIpc) is 2.35. The molecule has 0 saturated carbocycles. The summed E-state index contributed by atoms with van der Waals surface area (Å²) < 4.78 is 0. The Labute approximate surface area is 103 Å². The van der Waals surface area contributed by atoms with Crippen LogP contribution in [0, 0.1) is 24.2 Å². The largest absolute Gasteiger partial charge is 0.396 e. The molecule has 1 aromatic carbocycles. The van der Waals surface area contributed by atoms with E-state index in [1.807, 2.05) is 32.0 Å². The van der Waals surface area contributed by atoms with Gasteiger partial charge in [-0.15, -0.1) is 0 Å².